The van der Waals surface area contributed by atoms with Crippen molar-refractivity contribution >= 4 is 56.1 Å². The van der Waals surface area contributed by atoms with Gasteiger partial charge in [0.15, 0.2) is 5.58 Å². The number of carbonyl (C=O) groups excluding carboxylic acids is 1. The summed E-state index contributed by atoms with van der Waals surface area (Å²) in [5, 5.41) is 0.963. The third kappa shape index (κ3) is 3.54. The van der Waals surface area contributed by atoms with Crippen molar-refractivity contribution < 1.29 is 9.21 Å². The molecule has 0 aliphatic carbocycles. The van der Waals surface area contributed by atoms with Gasteiger partial charge >= 0.3 is 0 Å². The third-order valence-electron chi connectivity index (χ3n) is 3.91. The maximum absolute atomic E-state index is 12.5. The molecule has 1 amide bonds. The molecule has 0 atom stereocenters. The first-order valence-corrected chi connectivity index (χ1v) is 9.34. The maximum atomic E-state index is 12.5. The molecule has 0 fully saturated rings. The summed E-state index contributed by atoms with van der Waals surface area (Å²) < 4.78 is 6.47. The van der Waals surface area contributed by atoms with E-state index in [9.17, 15) is 4.79 Å². The molecule has 0 spiro atoms. The molecule has 3 rings (SSSR count). The van der Waals surface area contributed by atoms with Gasteiger partial charge in [0.05, 0.1) is 10.6 Å². The molecule has 0 aliphatic heterocycles. The third-order valence-corrected chi connectivity index (χ3v) is 5.51. The van der Waals surface area contributed by atoms with Gasteiger partial charge in [-0.25, -0.2) is 4.98 Å². The van der Waals surface area contributed by atoms with E-state index in [0.717, 1.165) is 0 Å². The van der Waals surface area contributed by atoms with Crippen molar-refractivity contribution in [1.82, 2.24) is 9.88 Å². The number of fused-ring (bicyclic) bond motifs is 1. The fourth-order valence-electron chi connectivity index (χ4n) is 2.58. The van der Waals surface area contributed by atoms with Crippen molar-refractivity contribution in [2.24, 2.45) is 0 Å². The van der Waals surface area contributed by atoms with Crippen LogP contribution < -0.4 is 0 Å². The van der Waals surface area contributed by atoms with Gasteiger partial charge in [-0.1, -0.05) is 23.2 Å². The Hall–Kier alpha value is -1.56. The first-order chi connectivity index (χ1) is 11.9. The minimum Gasteiger partial charge on any atom is -0.436 e. The lowest BCUT2D eigenvalue weighted by molar-refractivity contribution is 0.0773. The van der Waals surface area contributed by atoms with E-state index >= 15 is 0 Å². The summed E-state index contributed by atoms with van der Waals surface area (Å²) in [6.45, 7) is 5.22. The summed E-state index contributed by atoms with van der Waals surface area (Å²) in [5.41, 5.74) is 2.44. The number of amides is 1. The number of hydrogen-bond donors (Lipinski definition) is 0. The van der Waals surface area contributed by atoms with Gasteiger partial charge in [0.1, 0.15) is 5.52 Å². The van der Waals surface area contributed by atoms with E-state index in [1.54, 1.807) is 35.2 Å². The van der Waals surface area contributed by atoms with E-state index in [1.807, 2.05) is 13.8 Å². The van der Waals surface area contributed by atoms with Gasteiger partial charge in [-0.05, 0) is 60.1 Å². The number of halogens is 3. The van der Waals surface area contributed by atoms with Crippen LogP contribution >= 0.6 is 39.1 Å². The van der Waals surface area contributed by atoms with Crippen molar-refractivity contribution in [3.63, 3.8) is 0 Å². The zero-order chi connectivity index (χ0) is 18.1. The quantitative estimate of drug-likeness (QED) is 0.463. The van der Waals surface area contributed by atoms with E-state index in [2.05, 4.69) is 20.9 Å². The molecule has 0 aliphatic rings. The summed E-state index contributed by atoms with van der Waals surface area (Å²) in [6.07, 6.45) is 0. The predicted octanol–water partition coefficient (Wildman–Crippen LogP) is 6.05. The molecule has 3 aromatic rings. The molecule has 0 saturated carbocycles. The molecule has 4 nitrogen and oxygen atoms in total. The Bertz CT molecular complexity index is 952. The monoisotopic (exact) mass is 440 g/mol. The first kappa shape index (κ1) is 18.2. The summed E-state index contributed by atoms with van der Waals surface area (Å²) in [5.74, 6) is 0.363. The fourth-order valence-corrected chi connectivity index (χ4v) is 3.47. The van der Waals surface area contributed by atoms with Crippen molar-refractivity contribution in [3.8, 4) is 11.5 Å². The van der Waals surface area contributed by atoms with Crippen LogP contribution in [-0.4, -0.2) is 28.9 Å². The van der Waals surface area contributed by atoms with E-state index in [4.69, 9.17) is 27.6 Å². The van der Waals surface area contributed by atoms with Gasteiger partial charge in [-0.3, -0.25) is 4.79 Å². The number of aromatic nitrogens is 1. The summed E-state index contributed by atoms with van der Waals surface area (Å²) in [4.78, 5) is 18.8. The van der Waals surface area contributed by atoms with E-state index in [-0.39, 0.29) is 5.91 Å². The molecule has 0 N–H and O–H groups in total. The Morgan fingerprint density at radius 2 is 1.92 bits per heavy atom. The highest BCUT2D eigenvalue weighted by Crippen LogP contribution is 2.37. The van der Waals surface area contributed by atoms with Crippen LogP contribution in [0.25, 0.3) is 22.6 Å². The lowest BCUT2D eigenvalue weighted by Gasteiger charge is -2.18. The minimum atomic E-state index is -0.0246. The smallest absolute Gasteiger partial charge is 0.253 e. The Balaban J connectivity index is 2.06. The zero-order valence-electron chi connectivity index (χ0n) is 13.6. The lowest BCUT2D eigenvalue weighted by atomic mass is 10.2. The van der Waals surface area contributed by atoms with Gasteiger partial charge < -0.3 is 9.32 Å². The van der Waals surface area contributed by atoms with Crippen LogP contribution in [0, 0.1) is 0 Å². The largest absolute Gasteiger partial charge is 0.436 e. The molecule has 0 radical (unpaired) electrons. The second-order valence-corrected chi connectivity index (χ2v) is 7.06. The number of benzene rings is 2. The van der Waals surface area contributed by atoms with Gasteiger partial charge in [0.25, 0.3) is 5.91 Å². The fraction of sp³-hybridized carbons (Fsp3) is 0.222. The molecule has 25 heavy (non-hydrogen) atoms. The Morgan fingerprint density at radius 3 is 2.60 bits per heavy atom. The van der Waals surface area contributed by atoms with E-state index in [0.29, 0.717) is 55.7 Å². The van der Waals surface area contributed by atoms with Gasteiger partial charge in [0, 0.05) is 28.1 Å². The van der Waals surface area contributed by atoms with Crippen molar-refractivity contribution in [2.75, 3.05) is 13.1 Å². The second-order valence-electron chi connectivity index (χ2n) is 5.43. The average molecular weight is 442 g/mol. The van der Waals surface area contributed by atoms with Crippen LogP contribution in [0.15, 0.2) is 39.2 Å². The predicted molar refractivity (Wildman–Crippen MR) is 104 cm³/mol. The van der Waals surface area contributed by atoms with Crippen LogP contribution in [0.3, 0.4) is 0 Å². The summed E-state index contributed by atoms with van der Waals surface area (Å²) in [6, 6.07) is 8.61. The van der Waals surface area contributed by atoms with Crippen LogP contribution in [0.2, 0.25) is 10.0 Å². The molecule has 0 unspecified atom stereocenters. The van der Waals surface area contributed by atoms with E-state index in [1.165, 1.54) is 0 Å². The molecule has 0 bridgehead atoms. The minimum absolute atomic E-state index is 0.0246. The van der Waals surface area contributed by atoms with Gasteiger partial charge in [0.2, 0.25) is 5.89 Å². The highest BCUT2D eigenvalue weighted by molar-refractivity contribution is 9.10. The number of nitrogens with zero attached hydrogens (tertiary/aromatic N) is 2. The van der Waals surface area contributed by atoms with Gasteiger partial charge in [-0.15, -0.1) is 0 Å². The molecule has 1 aromatic heterocycles. The molecule has 1 heterocycles. The standard InChI is InChI=1S/C18H15BrCl2N2O2/c1-3-23(4-2)18(24)10-5-6-15-14(7-10)22-17(25-15)12-8-11(20)9-13(21)16(12)19/h5-9H,3-4H2,1-2H3. The van der Waals surface area contributed by atoms with Crippen LogP contribution in [0.4, 0.5) is 0 Å². The zero-order valence-corrected chi connectivity index (χ0v) is 16.7. The highest BCUT2D eigenvalue weighted by atomic mass is 79.9. The Labute approximate surface area is 163 Å². The second kappa shape index (κ2) is 7.36. The van der Waals surface area contributed by atoms with Crippen molar-refractivity contribution in [1.29, 1.82) is 0 Å². The Morgan fingerprint density at radius 1 is 1.20 bits per heavy atom. The van der Waals surface area contributed by atoms with Crippen LogP contribution in [0.5, 0.6) is 0 Å². The van der Waals surface area contributed by atoms with Crippen molar-refractivity contribution in [2.45, 2.75) is 13.8 Å². The molecular formula is C18H15BrCl2N2O2. The number of hydrogen-bond acceptors (Lipinski definition) is 3. The lowest BCUT2D eigenvalue weighted by Crippen LogP contribution is -2.30. The molecule has 130 valence electrons. The molecular weight excluding hydrogens is 427 g/mol. The van der Waals surface area contributed by atoms with Crippen LogP contribution in [-0.2, 0) is 0 Å². The average Bonchev–Trinajstić information content (AvgIpc) is 3.01. The summed E-state index contributed by atoms with van der Waals surface area (Å²) >= 11 is 15.7. The molecule has 2 aromatic carbocycles. The van der Waals surface area contributed by atoms with Crippen molar-refractivity contribution in [3.05, 3.63) is 50.4 Å². The van der Waals surface area contributed by atoms with Crippen LogP contribution in [0.1, 0.15) is 24.2 Å². The number of carbonyl (C=O) groups is 1. The van der Waals surface area contributed by atoms with Gasteiger partial charge in [-0.2, -0.15) is 0 Å². The highest BCUT2D eigenvalue weighted by Gasteiger charge is 2.17. The SMILES string of the molecule is CCN(CC)C(=O)c1ccc2oc(-c3cc(Cl)cc(Cl)c3Br)nc2c1. The Kier molecular flexibility index (Phi) is 5.37. The summed E-state index contributed by atoms with van der Waals surface area (Å²) in [7, 11) is 0. The first-order valence-electron chi connectivity index (χ1n) is 7.79. The topological polar surface area (TPSA) is 46.3 Å². The molecule has 0 saturated heterocycles. The molecule has 7 heteroatoms. The number of oxazole rings is 1. The van der Waals surface area contributed by atoms with E-state index < -0.39 is 0 Å². The maximum Gasteiger partial charge on any atom is 0.253 e. The number of rotatable bonds is 4. The normalized spacial score (nSPS) is 11.1.